The summed E-state index contributed by atoms with van der Waals surface area (Å²) in [5, 5.41) is 0. The van der Waals surface area contributed by atoms with Gasteiger partial charge in [0.25, 0.3) is 0 Å². The molecule has 0 aromatic heterocycles. The van der Waals surface area contributed by atoms with E-state index in [1.807, 2.05) is 0 Å². The summed E-state index contributed by atoms with van der Waals surface area (Å²) in [6, 6.07) is 0. The Hall–Kier alpha value is -1.59. The summed E-state index contributed by atoms with van der Waals surface area (Å²) in [6.07, 6.45) is 39.6. The van der Waals surface area contributed by atoms with Crippen molar-refractivity contribution in [2.75, 3.05) is 13.2 Å². The fraction of sp³-hybridized carbons (Fsp3) is 0.940. The van der Waals surface area contributed by atoms with Gasteiger partial charge >= 0.3 is 17.9 Å². The van der Waals surface area contributed by atoms with Crippen molar-refractivity contribution >= 4 is 17.9 Å². The van der Waals surface area contributed by atoms with Crippen molar-refractivity contribution in [1.82, 2.24) is 0 Å². The summed E-state index contributed by atoms with van der Waals surface area (Å²) in [5.41, 5.74) is 0. The molecule has 56 heavy (non-hydrogen) atoms. The molecule has 6 nitrogen and oxygen atoms in total. The van der Waals surface area contributed by atoms with Crippen LogP contribution in [0.2, 0.25) is 0 Å². The lowest BCUT2D eigenvalue weighted by molar-refractivity contribution is -0.167. The van der Waals surface area contributed by atoms with E-state index in [-0.39, 0.29) is 31.1 Å². The number of esters is 3. The summed E-state index contributed by atoms with van der Waals surface area (Å²) in [6.45, 7) is 13.6. The van der Waals surface area contributed by atoms with Crippen LogP contribution in [-0.4, -0.2) is 37.2 Å². The van der Waals surface area contributed by atoms with Crippen LogP contribution in [0.5, 0.6) is 0 Å². The minimum absolute atomic E-state index is 0.0658. The second kappa shape index (κ2) is 41.6. The SMILES string of the molecule is CC(C)CCCCCCCCCCCCCCCC(=O)OC[C@H](COC(=O)CCCCCCCCCCCC(C)C)OC(=O)CCCCCCCCCC(C)C. The monoisotopic (exact) mass is 793 g/mol. The molecule has 0 rings (SSSR count). The Morgan fingerprint density at radius 1 is 0.304 bits per heavy atom. The number of carbonyl (C=O) groups is 3. The van der Waals surface area contributed by atoms with Crippen LogP contribution in [0.25, 0.3) is 0 Å². The number of carbonyl (C=O) groups excluding carboxylic acids is 3. The average molecular weight is 793 g/mol. The molecule has 0 aliphatic carbocycles. The van der Waals surface area contributed by atoms with Crippen molar-refractivity contribution in [3.8, 4) is 0 Å². The van der Waals surface area contributed by atoms with E-state index in [2.05, 4.69) is 41.5 Å². The van der Waals surface area contributed by atoms with E-state index in [4.69, 9.17) is 14.2 Å². The smallest absolute Gasteiger partial charge is 0.306 e. The average Bonchev–Trinajstić information content (AvgIpc) is 3.15. The van der Waals surface area contributed by atoms with Gasteiger partial charge in [-0.1, -0.05) is 228 Å². The highest BCUT2D eigenvalue weighted by atomic mass is 16.6. The largest absolute Gasteiger partial charge is 0.462 e. The van der Waals surface area contributed by atoms with E-state index in [0.717, 1.165) is 75.5 Å². The standard InChI is InChI=1S/C50H96O6/c1-44(2)36-30-24-18-13-10-8-7-9-11-15-21-27-33-39-48(51)54-42-47(56-50(53)41-35-29-23-17-20-26-32-38-46(5)6)43-55-49(52)40-34-28-22-16-12-14-19-25-31-37-45(3)4/h44-47H,7-43H2,1-6H3/t47-/m1/s1. The van der Waals surface area contributed by atoms with Gasteiger partial charge in [-0.25, -0.2) is 0 Å². The van der Waals surface area contributed by atoms with Crippen molar-refractivity contribution in [3.05, 3.63) is 0 Å². The molecule has 0 saturated heterocycles. The molecule has 0 heterocycles. The van der Waals surface area contributed by atoms with Crippen molar-refractivity contribution in [1.29, 1.82) is 0 Å². The van der Waals surface area contributed by atoms with Gasteiger partial charge in [-0.3, -0.25) is 14.4 Å². The lowest BCUT2D eigenvalue weighted by Crippen LogP contribution is -2.30. The highest BCUT2D eigenvalue weighted by molar-refractivity contribution is 5.71. The van der Waals surface area contributed by atoms with Crippen LogP contribution in [0, 0.1) is 17.8 Å². The predicted octanol–water partition coefficient (Wildman–Crippen LogP) is 15.6. The van der Waals surface area contributed by atoms with Crippen molar-refractivity contribution < 1.29 is 28.6 Å². The zero-order valence-corrected chi connectivity index (χ0v) is 38.4. The number of unbranched alkanes of at least 4 members (excludes halogenated alkanes) is 26. The lowest BCUT2D eigenvalue weighted by atomic mass is 10.0. The summed E-state index contributed by atoms with van der Waals surface area (Å²) >= 11 is 0. The van der Waals surface area contributed by atoms with Gasteiger partial charge in [0.2, 0.25) is 0 Å². The Morgan fingerprint density at radius 2 is 0.518 bits per heavy atom. The van der Waals surface area contributed by atoms with Crippen LogP contribution in [0.4, 0.5) is 0 Å². The fourth-order valence-corrected chi connectivity index (χ4v) is 7.41. The van der Waals surface area contributed by atoms with Gasteiger partial charge in [-0.05, 0) is 37.0 Å². The number of rotatable bonds is 43. The molecule has 0 aromatic carbocycles. The third-order valence-electron chi connectivity index (χ3n) is 11.1. The van der Waals surface area contributed by atoms with Crippen LogP contribution in [0.15, 0.2) is 0 Å². The first-order valence-corrected chi connectivity index (χ1v) is 24.6. The van der Waals surface area contributed by atoms with E-state index in [1.54, 1.807) is 0 Å². The molecule has 6 heteroatoms. The van der Waals surface area contributed by atoms with Crippen LogP contribution in [-0.2, 0) is 28.6 Å². The lowest BCUT2D eigenvalue weighted by Gasteiger charge is -2.18. The first kappa shape index (κ1) is 54.4. The van der Waals surface area contributed by atoms with Gasteiger partial charge in [0.15, 0.2) is 6.10 Å². The number of ether oxygens (including phenoxy) is 3. The van der Waals surface area contributed by atoms with Gasteiger partial charge in [0.05, 0.1) is 0 Å². The van der Waals surface area contributed by atoms with Crippen molar-refractivity contribution in [3.63, 3.8) is 0 Å². The van der Waals surface area contributed by atoms with Crippen LogP contribution >= 0.6 is 0 Å². The van der Waals surface area contributed by atoms with E-state index in [1.165, 1.54) is 148 Å². The minimum Gasteiger partial charge on any atom is -0.462 e. The van der Waals surface area contributed by atoms with E-state index in [9.17, 15) is 14.4 Å². The van der Waals surface area contributed by atoms with Gasteiger partial charge in [0, 0.05) is 19.3 Å². The molecule has 332 valence electrons. The van der Waals surface area contributed by atoms with Gasteiger partial charge in [-0.2, -0.15) is 0 Å². The molecule has 0 N–H and O–H groups in total. The van der Waals surface area contributed by atoms with E-state index in [0.29, 0.717) is 19.3 Å². The molecule has 0 amide bonds. The fourth-order valence-electron chi connectivity index (χ4n) is 7.41. The Bertz CT molecular complexity index is 868. The summed E-state index contributed by atoms with van der Waals surface area (Å²) in [4.78, 5) is 37.8. The molecule has 0 bridgehead atoms. The molecule has 0 aliphatic rings. The third-order valence-corrected chi connectivity index (χ3v) is 11.1. The molecule has 0 saturated carbocycles. The second-order valence-electron chi connectivity index (χ2n) is 18.5. The molecular weight excluding hydrogens is 697 g/mol. The Labute approximate surface area is 348 Å². The molecule has 0 radical (unpaired) electrons. The minimum atomic E-state index is -0.762. The van der Waals surface area contributed by atoms with Gasteiger partial charge < -0.3 is 14.2 Å². The number of hydrogen-bond donors (Lipinski definition) is 0. The molecular formula is C50H96O6. The molecule has 1 atom stereocenters. The van der Waals surface area contributed by atoms with Crippen molar-refractivity contribution in [2.24, 2.45) is 17.8 Å². The summed E-state index contributed by atoms with van der Waals surface area (Å²) in [7, 11) is 0. The van der Waals surface area contributed by atoms with E-state index >= 15 is 0 Å². The topological polar surface area (TPSA) is 78.9 Å². The first-order chi connectivity index (χ1) is 27.1. The molecule has 0 aliphatic heterocycles. The predicted molar refractivity (Wildman–Crippen MR) is 238 cm³/mol. The zero-order valence-electron chi connectivity index (χ0n) is 38.4. The maximum absolute atomic E-state index is 12.7. The molecule has 0 unspecified atom stereocenters. The van der Waals surface area contributed by atoms with Crippen LogP contribution < -0.4 is 0 Å². The molecule has 0 spiro atoms. The Balaban J connectivity index is 4.29. The zero-order chi connectivity index (χ0) is 41.3. The first-order valence-electron chi connectivity index (χ1n) is 24.6. The van der Waals surface area contributed by atoms with Gasteiger partial charge in [0.1, 0.15) is 13.2 Å². The maximum atomic E-state index is 12.7. The second-order valence-corrected chi connectivity index (χ2v) is 18.5. The van der Waals surface area contributed by atoms with Crippen LogP contribution in [0.1, 0.15) is 266 Å². The number of hydrogen-bond acceptors (Lipinski definition) is 6. The third kappa shape index (κ3) is 43.5. The quantitative estimate of drug-likeness (QED) is 0.0348. The highest BCUT2D eigenvalue weighted by Gasteiger charge is 2.19. The Kier molecular flexibility index (Phi) is 40.4. The highest BCUT2D eigenvalue weighted by Crippen LogP contribution is 2.17. The Morgan fingerprint density at radius 3 is 0.768 bits per heavy atom. The molecule has 0 fully saturated rings. The molecule has 0 aromatic rings. The van der Waals surface area contributed by atoms with Crippen molar-refractivity contribution in [2.45, 2.75) is 272 Å². The maximum Gasteiger partial charge on any atom is 0.306 e. The normalized spacial score (nSPS) is 12.2. The van der Waals surface area contributed by atoms with E-state index < -0.39 is 6.10 Å². The van der Waals surface area contributed by atoms with Crippen LogP contribution in [0.3, 0.4) is 0 Å². The van der Waals surface area contributed by atoms with Gasteiger partial charge in [-0.15, -0.1) is 0 Å². The summed E-state index contributed by atoms with van der Waals surface area (Å²) in [5.74, 6) is 1.57. The summed E-state index contributed by atoms with van der Waals surface area (Å²) < 4.78 is 16.8.